The average Bonchev–Trinajstić information content (AvgIpc) is 3.53. The van der Waals surface area contributed by atoms with E-state index in [4.69, 9.17) is 21.3 Å². The largest absolute Gasteiger partial charge is 0.494 e. The Morgan fingerprint density at radius 1 is 1.05 bits per heavy atom. The Hall–Kier alpha value is -3.01. The fraction of sp³-hybridized carbons (Fsp3) is 0.379. The van der Waals surface area contributed by atoms with Crippen molar-refractivity contribution >= 4 is 63.0 Å². The fourth-order valence-electron chi connectivity index (χ4n) is 5.76. The van der Waals surface area contributed by atoms with Gasteiger partial charge < -0.3 is 15.4 Å². The van der Waals surface area contributed by atoms with Gasteiger partial charge in [-0.15, -0.1) is 24.8 Å². The lowest BCUT2D eigenvalue weighted by Gasteiger charge is -2.27. The van der Waals surface area contributed by atoms with Crippen LogP contribution in [0.5, 0.6) is 5.75 Å². The first-order valence-corrected chi connectivity index (χ1v) is 14.8. The van der Waals surface area contributed by atoms with Crippen molar-refractivity contribution in [2.24, 2.45) is 5.73 Å². The molecule has 2 unspecified atom stereocenters. The number of nitrogens with zero attached hydrogens (tertiary/aromatic N) is 2. The Balaban J connectivity index is 0.00000220. The smallest absolute Gasteiger partial charge is 0.235 e. The number of nitrogen functional groups attached to an aromatic ring is 1. The molecule has 0 aromatic heterocycles. The molecule has 2 aliphatic heterocycles. The van der Waals surface area contributed by atoms with Crippen molar-refractivity contribution in [2.75, 3.05) is 23.2 Å². The van der Waals surface area contributed by atoms with E-state index >= 15 is 0 Å². The number of hydrogen-bond donors (Lipinski definition) is 3. The van der Waals surface area contributed by atoms with Crippen LogP contribution < -0.4 is 14.8 Å². The predicted molar refractivity (Wildman–Crippen MR) is 168 cm³/mol. The van der Waals surface area contributed by atoms with Crippen molar-refractivity contribution in [3.8, 4) is 5.75 Å². The van der Waals surface area contributed by atoms with E-state index in [-0.39, 0.29) is 42.4 Å². The third kappa shape index (κ3) is 6.16. The van der Waals surface area contributed by atoms with Crippen LogP contribution in [0, 0.1) is 10.8 Å². The van der Waals surface area contributed by atoms with E-state index < -0.39 is 10.0 Å². The Morgan fingerprint density at radius 2 is 1.80 bits per heavy atom. The van der Waals surface area contributed by atoms with Gasteiger partial charge in [-0.2, -0.15) is 0 Å². The van der Waals surface area contributed by atoms with Crippen molar-refractivity contribution in [1.82, 2.24) is 4.90 Å². The zero-order valence-corrected chi connectivity index (χ0v) is 25.2. The number of amidine groups is 2. The molecule has 8 nitrogen and oxygen atoms in total. The van der Waals surface area contributed by atoms with Gasteiger partial charge in [-0.3, -0.25) is 15.1 Å². The highest BCUT2D eigenvalue weighted by Crippen LogP contribution is 2.44. The molecular formula is C29H37Cl2N5O3S. The van der Waals surface area contributed by atoms with Crippen molar-refractivity contribution in [3.05, 3.63) is 71.3 Å². The summed E-state index contributed by atoms with van der Waals surface area (Å²) in [7, 11) is -3.53. The number of nitrogens with one attached hydrogen (secondary N) is 2. The first-order chi connectivity index (χ1) is 18.2. The maximum Gasteiger partial charge on any atom is 0.235 e. The maximum absolute atomic E-state index is 13.3. The number of benzene rings is 3. The van der Waals surface area contributed by atoms with Gasteiger partial charge in [0.05, 0.1) is 29.9 Å². The van der Waals surface area contributed by atoms with E-state index in [9.17, 15) is 8.42 Å². The number of rotatable bonds is 8. The SMILES string of the molecule is CCS(=O)(=O)N1c2ccc(OCCC3CCCN3C(C)=N)cc2CC1c1ccc2ccc(C(=N)N)cc2c1.Cl.Cl. The number of nitrogens with two attached hydrogens (primary N) is 1. The molecule has 0 amide bonds. The summed E-state index contributed by atoms with van der Waals surface area (Å²) in [5.74, 6) is 1.36. The zero-order valence-electron chi connectivity index (χ0n) is 22.7. The summed E-state index contributed by atoms with van der Waals surface area (Å²) in [6, 6.07) is 17.3. The molecule has 2 aliphatic rings. The topological polar surface area (TPSA) is 124 Å². The molecule has 0 bridgehead atoms. The van der Waals surface area contributed by atoms with Crippen LogP contribution in [0.25, 0.3) is 10.8 Å². The number of anilines is 1. The Labute approximate surface area is 248 Å². The second-order valence-corrected chi connectivity index (χ2v) is 12.3. The third-order valence-electron chi connectivity index (χ3n) is 7.74. The van der Waals surface area contributed by atoms with Crippen molar-refractivity contribution in [3.63, 3.8) is 0 Å². The van der Waals surface area contributed by atoms with Gasteiger partial charge >= 0.3 is 0 Å². The van der Waals surface area contributed by atoms with Gasteiger partial charge in [-0.1, -0.05) is 24.3 Å². The molecular weight excluding hydrogens is 569 g/mol. The van der Waals surface area contributed by atoms with Crippen LogP contribution in [0.3, 0.4) is 0 Å². The summed E-state index contributed by atoms with van der Waals surface area (Å²) in [5.41, 5.74) is 8.88. The first-order valence-electron chi connectivity index (χ1n) is 13.2. The van der Waals surface area contributed by atoms with E-state index in [1.807, 2.05) is 61.5 Å². The van der Waals surface area contributed by atoms with Crippen LogP contribution in [0.1, 0.15) is 55.8 Å². The van der Waals surface area contributed by atoms with E-state index in [1.54, 1.807) is 11.2 Å². The molecule has 40 heavy (non-hydrogen) atoms. The maximum atomic E-state index is 13.3. The first kappa shape index (κ1) is 31.5. The van der Waals surface area contributed by atoms with Crippen molar-refractivity contribution in [1.29, 1.82) is 10.8 Å². The van der Waals surface area contributed by atoms with Gasteiger partial charge in [0.2, 0.25) is 10.0 Å². The summed E-state index contributed by atoms with van der Waals surface area (Å²) in [4.78, 5) is 2.15. The van der Waals surface area contributed by atoms with Crippen LogP contribution in [-0.4, -0.2) is 49.9 Å². The van der Waals surface area contributed by atoms with Gasteiger partial charge in [0.1, 0.15) is 11.6 Å². The number of sulfonamides is 1. The highest BCUT2D eigenvalue weighted by molar-refractivity contribution is 7.92. The number of fused-ring (bicyclic) bond motifs is 2. The molecule has 0 saturated carbocycles. The predicted octanol–water partition coefficient (Wildman–Crippen LogP) is 5.65. The lowest BCUT2D eigenvalue weighted by molar-refractivity contribution is 0.259. The summed E-state index contributed by atoms with van der Waals surface area (Å²) in [6.45, 7) is 5.00. The van der Waals surface area contributed by atoms with Gasteiger partial charge in [0.15, 0.2) is 0 Å². The number of likely N-dealkylation sites (tertiary alicyclic amines) is 1. The Bertz CT molecular complexity index is 1510. The minimum Gasteiger partial charge on any atom is -0.494 e. The minimum absolute atomic E-state index is 0. The molecule has 3 aromatic rings. The molecule has 1 saturated heterocycles. The molecule has 0 radical (unpaired) electrons. The van der Waals surface area contributed by atoms with E-state index in [1.165, 1.54) is 0 Å². The number of halogens is 2. The van der Waals surface area contributed by atoms with Gasteiger partial charge in [-0.05, 0) is 78.9 Å². The summed E-state index contributed by atoms with van der Waals surface area (Å²) < 4.78 is 34.2. The molecule has 11 heteroatoms. The van der Waals surface area contributed by atoms with Crippen LogP contribution in [0.4, 0.5) is 5.69 Å². The summed E-state index contributed by atoms with van der Waals surface area (Å²) >= 11 is 0. The molecule has 2 atom stereocenters. The molecule has 1 fully saturated rings. The van der Waals surface area contributed by atoms with Gasteiger partial charge in [-0.25, -0.2) is 8.42 Å². The monoisotopic (exact) mass is 605 g/mol. The molecule has 0 spiro atoms. The lowest BCUT2D eigenvalue weighted by Crippen LogP contribution is -2.34. The van der Waals surface area contributed by atoms with Crippen LogP contribution in [-0.2, 0) is 16.4 Å². The Kier molecular flexibility index (Phi) is 9.98. The highest BCUT2D eigenvalue weighted by atomic mass is 35.5. The van der Waals surface area contributed by atoms with Crippen molar-refractivity contribution < 1.29 is 13.2 Å². The molecule has 3 aromatic carbocycles. The highest BCUT2D eigenvalue weighted by Gasteiger charge is 2.38. The van der Waals surface area contributed by atoms with Crippen LogP contribution in [0.15, 0.2) is 54.6 Å². The second kappa shape index (κ2) is 12.7. The summed E-state index contributed by atoms with van der Waals surface area (Å²) in [6.07, 6.45) is 3.58. The van der Waals surface area contributed by atoms with Crippen LogP contribution >= 0.6 is 24.8 Å². The molecule has 0 aliphatic carbocycles. The quantitative estimate of drug-likeness (QED) is 0.226. The van der Waals surface area contributed by atoms with Crippen LogP contribution in [0.2, 0.25) is 0 Å². The number of hydrogen-bond acceptors (Lipinski definition) is 5. The van der Waals surface area contributed by atoms with Gasteiger partial charge in [0, 0.05) is 31.0 Å². The van der Waals surface area contributed by atoms with Crippen molar-refractivity contribution in [2.45, 2.75) is 51.6 Å². The molecule has 4 N–H and O–H groups in total. The van der Waals surface area contributed by atoms with E-state index in [0.29, 0.717) is 36.2 Å². The molecule has 216 valence electrons. The normalized spacial score (nSPS) is 18.1. The fourth-order valence-corrected chi connectivity index (χ4v) is 7.10. The molecule has 5 rings (SSSR count). The average molecular weight is 607 g/mol. The van der Waals surface area contributed by atoms with E-state index in [2.05, 4.69) is 4.90 Å². The standard InChI is InChI=1S/C29H35N5O3S.2ClH/c1-3-38(35,36)34-27-11-10-26(37-14-12-25-5-4-13-33(25)19(2)30)17-24(27)18-28(34)21-8-6-20-7-9-22(29(31)32)16-23(20)15-21;;/h6-11,15-17,25,28,30H,3-5,12-14,18H2,1-2H3,(H3,31,32);2*1H. The Morgan fingerprint density at radius 3 is 2.50 bits per heavy atom. The van der Waals surface area contributed by atoms with Gasteiger partial charge in [0.25, 0.3) is 0 Å². The minimum atomic E-state index is -3.53. The lowest BCUT2D eigenvalue weighted by atomic mass is 9.98. The number of ether oxygens (including phenoxy) is 1. The third-order valence-corrected chi connectivity index (χ3v) is 9.52. The molecule has 2 heterocycles. The summed E-state index contributed by atoms with van der Waals surface area (Å²) in [5, 5.41) is 17.7. The van der Waals surface area contributed by atoms with E-state index in [0.717, 1.165) is 53.5 Å². The second-order valence-electron chi connectivity index (χ2n) is 10.2. The zero-order chi connectivity index (χ0) is 27.0.